The molecule has 0 aromatic heterocycles. The number of halogens is 3. The average molecular weight is 330 g/mol. The molecule has 0 amide bonds. The minimum Gasteiger partial charge on any atom is -0.491 e. The second-order valence-corrected chi connectivity index (χ2v) is 6.30. The molecule has 1 saturated heterocycles. The maximum absolute atomic E-state index is 12.5. The highest BCUT2D eigenvalue weighted by molar-refractivity contribution is 5.33. The molecule has 6 heteroatoms. The van der Waals surface area contributed by atoms with E-state index >= 15 is 0 Å². The van der Waals surface area contributed by atoms with E-state index < -0.39 is 12.7 Å². The van der Waals surface area contributed by atoms with Crippen LogP contribution in [0.4, 0.5) is 13.2 Å². The number of ether oxygens (including phenoxy) is 1. The fourth-order valence-electron chi connectivity index (χ4n) is 2.84. The Morgan fingerprint density at radius 2 is 1.70 bits per heavy atom. The monoisotopic (exact) mass is 330 g/mol. The summed E-state index contributed by atoms with van der Waals surface area (Å²) >= 11 is 0. The van der Waals surface area contributed by atoms with Crippen LogP contribution in [0.2, 0.25) is 0 Å². The van der Waals surface area contributed by atoms with Gasteiger partial charge in [0.1, 0.15) is 5.75 Å². The van der Waals surface area contributed by atoms with E-state index in [-0.39, 0.29) is 6.10 Å². The number of hydrogen-bond donors (Lipinski definition) is 0. The lowest BCUT2D eigenvalue weighted by atomic mass is 10.2. The van der Waals surface area contributed by atoms with Gasteiger partial charge in [0.15, 0.2) is 0 Å². The van der Waals surface area contributed by atoms with Crippen LogP contribution in [-0.2, 0) is 6.54 Å². The third-order valence-electron chi connectivity index (χ3n) is 3.81. The summed E-state index contributed by atoms with van der Waals surface area (Å²) in [4.78, 5) is 3.70. The van der Waals surface area contributed by atoms with E-state index in [0.717, 1.165) is 24.3 Å². The van der Waals surface area contributed by atoms with Crippen molar-refractivity contribution >= 4 is 0 Å². The second kappa shape index (κ2) is 8.02. The minimum atomic E-state index is -4.12. The fourth-order valence-corrected chi connectivity index (χ4v) is 2.84. The first kappa shape index (κ1) is 18.1. The Bertz CT molecular complexity index is 491. The first-order chi connectivity index (χ1) is 10.8. The molecule has 0 atom stereocenters. The highest BCUT2D eigenvalue weighted by Crippen LogP contribution is 2.22. The molecule has 23 heavy (non-hydrogen) atoms. The highest BCUT2D eigenvalue weighted by Gasteiger charge is 2.31. The number of para-hydroxylation sites is 1. The zero-order chi connectivity index (χ0) is 16.9. The summed E-state index contributed by atoms with van der Waals surface area (Å²) in [5, 5.41) is 0. The van der Waals surface area contributed by atoms with Gasteiger partial charge < -0.3 is 4.74 Å². The molecule has 0 aliphatic carbocycles. The van der Waals surface area contributed by atoms with Crippen LogP contribution in [0.15, 0.2) is 24.3 Å². The fraction of sp³-hybridized carbons (Fsp3) is 0.647. The Morgan fingerprint density at radius 1 is 1.04 bits per heavy atom. The van der Waals surface area contributed by atoms with Crippen LogP contribution in [0.1, 0.15) is 25.8 Å². The van der Waals surface area contributed by atoms with Gasteiger partial charge in [0.25, 0.3) is 0 Å². The molecule has 0 bridgehead atoms. The molecule has 1 aromatic rings. The van der Waals surface area contributed by atoms with Crippen molar-refractivity contribution in [3.8, 4) is 5.75 Å². The highest BCUT2D eigenvalue weighted by atomic mass is 19.4. The molecule has 0 radical (unpaired) electrons. The molecule has 3 nitrogen and oxygen atoms in total. The topological polar surface area (TPSA) is 15.7 Å². The van der Waals surface area contributed by atoms with Crippen LogP contribution < -0.4 is 4.74 Å². The van der Waals surface area contributed by atoms with Crippen molar-refractivity contribution < 1.29 is 17.9 Å². The van der Waals surface area contributed by atoms with Gasteiger partial charge in [0.05, 0.1) is 12.6 Å². The first-order valence-corrected chi connectivity index (χ1v) is 8.09. The minimum absolute atomic E-state index is 0.0996. The van der Waals surface area contributed by atoms with Crippen LogP contribution in [-0.4, -0.2) is 54.8 Å². The lowest BCUT2D eigenvalue weighted by Crippen LogP contribution is -2.37. The summed E-state index contributed by atoms with van der Waals surface area (Å²) in [6.45, 7) is 6.27. The van der Waals surface area contributed by atoms with Crippen molar-refractivity contribution in [2.24, 2.45) is 0 Å². The van der Waals surface area contributed by atoms with Gasteiger partial charge in [-0.25, -0.2) is 0 Å². The summed E-state index contributed by atoms with van der Waals surface area (Å²) < 4.78 is 43.4. The molecular formula is C17H25F3N2O. The van der Waals surface area contributed by atoms with Crippen LogP contribution in [0, 0.1) is 0 Å². The molecule has 0 saturated carbocycles. The van der Waals surface area contributed by atoms with Gasteiger partial charge >= 0.3 is 6.18 Å². The summed E-state index contributed by atoms with van der Waals surface area (Å²) in [7, 11) is 0. The van der Waals surface area contributed by atoms with E-state index in [0.29, 0.717) is 26.2 Å². The molecule has 130 valence electrons. The lowest BCUT2D eigenvalue weighted by molar-refractivity contribution is -0.145. The molecule has 1 aromatic carbocycles. The number of benzene rings is 1. The van der Waals surface area contributed by atoms with E-state index in [9.17, 15) is 13.2 Å². The summed E-state index contributed by atoms with van der Waals surface area (Å²) in [6, 6.07) is 7.88. The van der Waals surface area contributed by atoms with Gasteiger partial charge in [0.2, 0.25) is 0 Å². The number of hydrogen-bond acceptors (Lipinski definition) is 3. The summed E-state index contributed by atoms with van der Waals surface area (Å²) in [5.41, 5.74) is 1.09. The van der Waals surface area contributed by atoms with E-state index in [2.05, 4.69) is 4.90 Å². The van der Waals surface area contributed by atoms with E-state index in [1.165, 1.54) is 4.90 Å². The second-order valence-electron chi connectivity index (χ2n) is 6.30. The van der Waals surface area contributed by atoms with Gasteiger partial charge in [-0.05, 0) is 39.4 Å². The standard InChI is InChI=1S/C17H25F3N2O/c1-14(2)23-16-7-4-3-6-15(16)12-21-8-5-9-22(11-10-21)13-17(18,19)20/h3-4,6-7,14H,5,8-13H2,1-2H3. The SMILES string of the molecule is CC(C)Oc1ccccc1CN1CCCN(CC(F)(F)F)CC1. The predicted octanol–water partition coefficient (Wildman–Crippen LogP) is 3.54. The van der Waals surface area contributed by atoms with Gasteiger partial charge in [-0.3, -0.25) is 9.80 Å². The van der Waals surface area contributed by atoms with Crippen molar-refractivity contribution in [2.75, 3.05) is 32.7 Å². The zero-order valence-corrected chi connectivity index (χ0v) is 13.8. The van der Waals surface area contributed by atoms with Gasteiger partial charge in [-0.1, -0.05) is 18.2 Å². The van der Waals surface area contributed by atoms with Crippen LogP contribution in [0.25, 0.3) is 0 Å². The van der Waals surface area contributed by atoms with Gasteiger partial charge in [0, 0.05) is 25.2 Å². The lowest BCUT2D eigenvalue weighted by Gasteiger charge is -2.23. The first-order valence-electron chi connectivity index (χ1n) is 8.09. The molecule has 1 aliphatic rings. The zero-order valence-electron chi connectivity index (χ0n) is 13.8. The van der Waals surface area contributed by atoms with E-state index in [1.54, 1.807) is 0 Å². The van der Waals surface area contributed by atoms with Crippen LogP contribution in [0.5, 0.6) is 5.75 Å². The molecule has 0 spiro atoms. The predicted molar refractivity (Wildman–Crippen MR) is 84.6 cm³/mol. The average Bonchev–Trinajstić information content (AvgIpc) is 2.64. The van der Waals surface area contributed by atoms with E-state index in [1.807, 2.05) is 38.1 Å². The molecule has 1 fully saturated rings. The van der Waals surface area contributed by atoms with Crippen LogP contribution in [0.3, 0.4) is 0 Å². The number of nitrogens with zero attached hydrogens (tertiary/aromatic N) is 2. The maximum atomic E-state index is 12.5. The molecule has 0 unspecified atom stereocenters. The third kappa shape index (κ3) is 6.39. The molecular weight excluding hydrogens is 305 g/mol. The van der Waals surface area contributed by atoms with Crippen molar-refractivity contribution in [2.45, 2.75) is 39.1 Å². The maximum Gasteiger partial charge on any atom is 0.401 e. The van der Waals surface area contributed by atoms with Crippen molar-refractivity contribution in [1.82, 2.24) is 9.80 Å². The smallest absolute Gasteiger partial charge is 0.401 e. The Morgan fingerprint density at radius 3 is 2.39 bits per heavy atom. The van der Waals surface area contributed by atoms with Gasteiger partial charge in [-0.15, -0.1) is 0 Å². The largest absolute Gasteiger partial charge is 0.491 e. The van der Waals surface area contributed by atoms with Crippen molar-refractivity contribution in [3.63, 3.8) is 0 Å². The molecule has 2 rings (SSSR count). The summed E-state index contributed by atoms with van der Waals surface area (Å²) in [5.74, 6) is 0.860. The summed E-state index contributed by atoms with van der Waals surface area (Å²) in [6.07, 6.45) is -3.27. The Hall–Kier alpha value is -1.27. The normalized spacial score (nSPS) is 18.2. The Balaban J connectivity index is 1.94. The number of alkyl halides is 3. The van der Waals surface area contributed by atoms with E-state index in [4.69, 9.17) is 4.74 Å². The molecule has 1 aliphatic heterocycles. The molecule has 1 heterocycles. The van der Waals surface area contributed by atoms with Crippen LogP contribution >= 0.6 is 0 Å². The third-order valence-corrected chi connectivity index (χ3v) is 3.81. The Kier molecular flexibility index (Phi) is 6.30. The van der Waals surface area contributed by atoms with Crippen molar-refractivity contribution in [3.05, 3.63) is 29.8 Å². The molecule has 0 N–H and O–H groups in total. The Labute approximate surface area is 136 Å². The van der Waals surface area contributed by atoms with Crippen molar-refractivity contribution in [1.29, 1.82) is 0 Å². The van der Waals surface area contributed by atoms with Gasteiger partial charge in [-0.2, -0.15) is 13.2 Å². The number of rotatable bonds is 5. The quantitative estimate of drug-likeness (QED) is 0.821.